The Labute approximate surface area is 118 Å². The van der Waals surface area contributed by atoms with Crippen molar-refractivity contribution in [3.63, 3.8) is 0 Å². The average molecular weight is 278 g/mol. The van der Waals surface area contributed by atoms with Crippen molar-refractivity contribution in [2.75, 3.05) is 19.8 Å². The molecule has 0 fully saturated rings. The molecule has 0 unspecified atom stereocenters. The Morgan fingerprint density at radius 2 is 1.80 bits per heavy atom. The number of ether oxygens (including phenoxy) is 3. The van der Waals surface area contributed by atoms with Crippen molar-refractivity contribution in [3.8, 4) is 5.75 Å². The second-order valence-electron chi connectivity index (χ2n) is 3.99. The van der Waals surface area contributed by atoms with E-state index in [0.717, 1.165) is 5.56 Å². The number of carbonyl (C=O) groups excluding carboxylic acids is 2. The summed E-state index contributed by atoms with van der Waals surface area (Å²) in [6, 6.07) is 7.55. The Morgan fingerprint density at radius 3 is 2.45 bits per heavy atom. The first-order valence-electron chi connectivity index (χ1n) is 6.26. The minimum Gasteiger partial charge on any atom is -0.490 e. The van der Waals surface area contributed by atoms with Gasteiger partial charge in [0.1, 0.15) is 19.0 Å². The van der Waals surface area contributed by atoms with Crippen LogP contribution in [0.3, 0.4) is 0 Å². The van der Waals surface area contributed by atoms with E-state index in [1.54, 1.807) is 6.92 Å². The molecule has 20 heavy (non-hydrogen) atoms. The minimum atomic E-state index is -0.602. The molecule has 5 heteroatoms. The van der Waals surface area contributed by atoms with E-state index in [9.17, 15) is 9.59 Å². The zero-order valence-electron chi connectivity index (χ0n) is 11.6. The van der Waals surface area contributed by atoms with Gasteiger partial charge in [-0.3, -0.25) is 0 Å². The lowest BCUT2D eigenvalue weighted by Gasteiger charge is -2.07. The second-order valence-corrected chi connectivity index (χ2v) is 3.99. The summed E-state index contributed by atoms with van der Waals surface area (Å²) < 4.78 is 14.9. The maximum Gasteiger partial charge on any atom is 0.344 e. The topological polar surface area (TPSA) is 61.8 Å². The number of aryl methyl sites for hydroxylation is 1. The van der Waals surface area contributed by atoms with Crippen LogP contribution in [0.25, 0.3) is 0 Å². The highest BCUT2D eigenvalue weighted by molar-refractivity contribution is 5.84. The summed E-state index contributed by atoms with van der Waals surface area (Å²) in [6.07, 6.45) is 2.76. The van der Waals surface area contributed by atoms with Crippen molar-refractivity contribution in [2.24, 2.45) is 0 Å². The summed E-state index contributed by atoms with van der Waals surface area (Å²) >= 11 is 0. The minimum absolute atomic E-state index is 0.105. The lowest BCUT2D eigenvalue weighted by molar-refractivity contribution is -0.156. The number of benzene rings is 1. The van der Waals surface area contributed by atoms with Crippen LogP contribution in [-0.2, 0) is 19.1 Å². The van der Waals surface area contributed by atoms with Gasteiger partial charge in [-0.25, -0.2) is 9.59 Å². The molecule has 1 aromatic rings. The Balaban J connectivity index is 2.13. The Morgan fingerprint density at radius 1 is 1.10 bits per heavy atom. The smallest absolute Gasteiger partial charge is 0.344 e. The van der Waals surface area contributed by atoms with Gasteiger partial charge in [0.15, 0.2) is 6.61 Å². The molecule has 108 valence electrons. The van der Waals surface area contributed by atoms with Gasteiger partial charge in [0.05, 0.1) is 0 Å². The molecule has 1 rings (SSSR count). The van der Waals surface area contributed by atoms with E-state index in [2.05, 4.69) is 4.74 Å². The first-order chi connectivity index (χ1) is 9.61. The molecule has 0 amide bonds. The van der Waals surface area contributed by atoms with Crippen molar-refractivity contribution in [1.82, 2.24) is 0 Å². The monoisotopic (exact) mass is 278 g/mol. The highest BCUT2D eigenvalue weighted by Gasteiger charge is 2.06. The average Bonchev–Trinajstić information content (AvgIpc) is 2.43. The third-order valence-electron chi connectivity index (χ3n) is 2.27. The van der Waals surface area contributed by atoms with Gasteiger partial charge < -0.3 is 14.2 Å². The molecule has 0 N–H and O–H groups in total. The molecule has 0 heterocycles. The predicted molar refractivity (Wildman–Crippen MR) is 73.4 cm³/mol. The van der Waals surface area contributed by atoms with Gasteiger partial charge in [-0.05, 0) is 26.0 Å². The molecule has 0 aromatic heterocycles. The SMILES string of the molecule is C/C=C\C(=O)OCC(=O)OCCOc1ccc(C)cc1. The van der Waals surface area contributed by atoms with E-state index in [1.807, 2.05) is 31.2 Å². The number of rotatable bonds is 7. The van der Waals surface area contributed by atoms with Gasteiger partial charge >= 0.3 is 11.9 Å². The number of carbonyl (C=O) groups is 2. The van der Waals surface area contributed by atoms with E-state index in [0.29, 0.717) is 5.75 Å². The van der Waals surface area contributed by atoms with Gasteiger partial charge in [0.25, 0.3) is 0 Å². The van der Waals surface area contributed by atoms with Crippen LogP contribution in [0.1, 0.15) is 12.5 Å². The fourth-order valence-corrected chi connectivity index (χ4v) is 1.31. The summed E-state index contributed by atoms with van der Waals surface area (Å²) in [5.41, 5.74) is 1.15. The highest BCUT2D eigenvalue weighted by Crippen LogP contribution is 2.10. The van der Waals surface area contributed by atoms with Crippen molar-refractivity contribution in [1.29, 1.82) is 0 Å². The van der Waals surface area contributed by atoms with Crippen molar-refractivity contribution in [3.05, 3.63) is 42.0 Å². The van der Waals surface area contributed by atoms with Gasteiger partial charge in [-0.1, -0.05) is 23.8 Å². The Kier molecular flexibility index (Phi) is 6.89. The molecular formula is C15H18O5. The lowest BCUT2D eigenvalue weighted by Crippen LogP contribution is -2.18. The largest absolute Gasteiger partial charge is 0.490 e. The first kappa shape index (κ1) is 15.8. The van der Waals surface area contributed by atoms with Crippen molar-refractivity contribution >= 4 is 11.9 Å². The normalized spacial score (nSPS) is 10.3. The zero-order valence-corrected chi connectivity index (χ0v) is 11.6. The summed E-state index contributed by atoms with van der Waals surface area (Å²) in [7, 11) is 0. The molecule has 0 aliphatic carbocycles. The van der Waals surface area contributed by atoms with Crippen LogP contribution in [0.15, 0.2) is 36.4 Å². The maximum atomic E-state index is 11.2. The fraction of sp³-hybridized carbons (Fsp3) is 0.333. The quantitative estimate of drug-likeness (QED) is 0.434. The van der Waals surface area contributed by atoms with Crippen LogP contribution >= 0.6 is 0 Å². The van der Waals surface area contributed by atoms with E-state index in [4.69, 9.17) is 9.47 Å². The standard InChI is InChI=1S/C15H18O5/c1-3-4-14(16)20-11-15(17)19-10-9-18-13-7-5-12(2)6-8-13/h3-8H,9-11H2,1-2H3/b4-3-. The van der Waals surface area contributed by atoms with Gasteiger partial charge in [-0.15, -0.1) is 0 Å². The van der Waals surface area contributed by atoms with Crippen molar-refractivity contribution in [2.45, 2.75) is 13.8 Å². The second kappa shape index (κ2) is 8.74. The molecule has 5 nitrogen and oxygen atoms in total. The molecule has 0 saturated heterocycles. The lowest BCUT2D eigenvalue weighted by atomic mass is 10.2. The summed E-state index contributed by atoms with van der Waals surface area (Å²) in [5.74, 6) is -0.457. The van der Waals surface area contributed by atoms with Crippen LogP contribution in [0.5, 0.6) is 5.75 Å². The van der Waals surface area contributed by atoms with E-state index in [1.165, 1.54) is 12.2 Å². The molecule has 0 aliphatic rings. The Bertz CT molecular complexity index is 462. The van der Waals surface area contributed by atoms with E-state index in [-0.39, 0.29) is 13.2 Å². The van der Waals surface area contributed by atoms with Crippen LogP contribution in [0.2, 0.25) is 0 Å². The predicted octanol–water partition coefficient (Wildman–Crippen LogP) is 2.04. The van der Waals surface area contributed by atoms with Gasteiger partial charge in [-0.2, -0.15) is 0 Å². The van der Waals surface area contributed by atoms with Crippen LogP contribution in [-0.4, -0.2) is 31.8 Å². The van der Waals surface area contributed by atoms with Crippen molar-refractivity contribution < 1.29 is 23.8 Å². The van der Waals surface area contributed by atoms with Crippen LogP contribution < -0.4 is 4.74 Å². The van der Waals surface area contributed by atoms with E-state index >= 15 is 0 Å². The molecular weight excluding hydrogens is 260 g/mol. The van der Waals surface area contributed by atoms with Crippen LogP contribution in [0.4, 0.5) is 0 Å². The molecule has 0 radical (unpaired) electrons. The fourth-order valence-electron chi connectivity index (χ4n) is 1.31. The molecule has 0 saturated carbocycles. The number of hydrogen-bond donors (Lipinski definition) is 0. The molecule has 0 spiro atoms. The summed E-state index contributed by atoms with van der Waals surface area (Å²) in [4.78, 5) is 22.2. The summed E-state index contributed by atoms with van der Waals surface area (Å²) in [5, 5.41) is 0. The first-order valence-corrected chi connectivity index (χ1v) is 6.26. The van der Waals surface area contributed by atoms with Gasteiger partial charge in [0.2, 0.25) is 0 Å². The number of hydrogen-bond acceptors (Lipinski definition) is 5. The maximum absolute atomic E-state index is 11.2. The molecule has 0 bridgehead atoms. The third kappa shape index (κ3) is 6.58. The van der Waals surface area contributed by atoms with E-state index < -0.39 is 18.5 Å². The Hall–Kier alpha value is -2.30. The molecule has 1 aromatic carbocycles. The number of allylic oxidation sites excluding steroid dienone is 1. The molecule has 0 atom stereocenters. The zero-order chi connectivity index (χ0) is 14.8. The number of esters is 2. The van der Waals surface area contributed by atoms with Crippen LogP contribution in [0, 0.1) is 6.92 Å². The van der Waals surface area contributed by atoms with Gasteiger partial charge in [0, 0.05) is 6.08 Å². The third-order valence-corrected chi connectivity index (χ3v) is 2.27. The molecule has 0 aliphatic heterocycles. The highest BCUT2D eigenvalue weighted by atomic mass is 16.6. The summed E-state index contributed by atoms with van der Waals surface area (Å²) in [6.45, 7) is 3.63.